The van der Waals surface area contributed by atoms with E-state index in [1.165, 1.54) is 18.6 Å². The van der Waals surface area contributed by atoms with Gasteiger partial charge in [0, 0.05) is 23.1 Å². The smallest absolute Gasteiger partial charge is 0.223 e. The van der Waals surface area contributed by atoms with Crippen LogP contribution in [0, 0.1) is 17.7 Å². The van der Waals surface area contributed by atoms with E-state index in [0.29, 0.717) is 11.7 Å². The number of amides is 1. The number of carbonyl (C=O) groups excluding carboxylic acids is 1. The van der Waals surface area contributed by atoms with Crippen LogP contribution in [0.1, 0.15) is 19.8 Å². The summed E-state index contributed by atoms with van der Waals surface area (Å²) >= 11 is 1.59. The second kappa shape index (κ2) is 10.1. The standard InChI is InChI=1S/C16H23FN2OS.ClH/c1-12(11-21-15-4-2-14(17)3-5-15)16(20)19-9-7-13-6-8-18-10-13;/h2-5,12-13,18H,6-11H2,1H3,(H,19,20);1H. The first-order valence-electron chi connectivity index (χ1n) is 7.52. The summed E-state index contributed by atoms with van der Waals surface area (Å²) in [6.45, 7) is 4.87. The van der Waals surface area contributed by atoms with Crippen LogP contribution in [0.25, 0.3) is 0 Å². The van der Waals surface area contributed by atoms with Crippen molar-refractivity contribution < 1.29 is 9.18 Å². The lowest BCUT2D eigenvalue weighted by atomic mass is 10.1. The second-order valence-electron chi connectivity index (χ2n) is 5.60. The number of hydrogen-bond donors (Lipinski definition) is 2. The van der Waals surface area contributed by atoms with E-state index in [1.54, 1.807) is 23.9 Å². The lowest BCUT2D eigenvalue weighted by Crippen LogP contribution is -2.32. The van der Waals surface area contributed by atoms with Gasteiger partial charge in [-0.05, 0) is 56.1 Å². The quantitative estimate of drug-likeness (QED) is 0.745. The molecule has 3 nitrogen and oxygen atoms in total. The van der Waals surface area contributed by atoms with Gasteiger partial charge in [-0.25, -0.2) is 4.39 Å². The minimum atomic E-state index is -0.230. The second-order valence-corrected chi connectivity index (χ2v) is 6.70. The molecule has 2 rings (SSSR count). The Morgan fingerprint density at radius 2 is 2.18 bits per heavy atom. The Morgan fingerprint density at radius 3 is 2.82 bits per heavy atom. The molecule has 6 heteroatoms. The summed E-state index contributed by atoms with van der Waals surface area (Å²) in [7, 11) is 0. The van der Waals surface area contributed by atoms with E-state index in [1.807, 2.05) is 6.92 Å². The molecule has 1 aliphatic rings. The normalized spacial score (nSPS) is 18.5. The van der Waals surface area contributed by atoms with Crippen LogP contribution < -0.4 is 10.6 Å². The zero-order valence-corrected chi connectivity index (χ0v) is 14.4. The summed E-state index contributed by atoms with van der Waals surface area (Å²) in [4.78, 5) is 13.0. The predicted octanol–water partition coefficient (Wildman–Crippen LogP) is 3.09. The van der Waals surface area contributed by atoms with Crippen LogP contribution in [0.3, 0.4) is 0 Å². The number of hydrogen-bond acceptors (Lipinski definition) is 3. The molecule has 2 N–H and O–H groups in total. The summed E-state index contributed by atoms with van der Waals surface area (Å²) in [5.74, 6) is 1.25. The summed E-state index contributed by atoms with van der Waals surface area (Å²) in [6, 6.07) is 6.39. The van der Waals surface area contributed by atoms with Gasteiger partial charge in [0.05, 0.1) is 0 Å². The lowest BCUT2D eigenvalue weighted by molar-refractivity contribution is -0.123. The maximum absolute atomic E-state index is 12.8. The highest BCUT2D eigenvalue weighted by Crippen LogP contribution is 2.21. The molecule has 2 unspecified atom stereocenters. The first-order chi connectivity index (χ1) is 10.1. The molecule has 1 fully saturated rings. The summed E-state index contributed by atoms with van der Waals surface area (Å²) in [5.41, 5.74) is 0. The molecule has 2 atom stereocenters. The van der Waals surface area contributed by atoms with Crippen LogP contribution in [-0.4, -0.2) is 31.3 Å². The summed E-state index contributed by atoms with van der Waals surface area (Å²) in [5, 5.41) is 6.35. The Bertz CT molecular complexity index is 452. The number of thioether (sulfide) groups is 1. The van der Waals surface area contributed by atoms with E-state index in [9.17, 15) is 9.18 Å². The number of benzene rings is 1. The molecule has 1 saturated heterocycles. The van der Waals surface area contributed by atoms with E-state index in [4.69, 9.17) is 0 Å². The van der Waals surface area contributed by atoms with E-state index in [2.05, 4.69) is 10.6 Å². The van der Waals surface area contributed by atoms with E-state index in [-0.39, 0.29) is 30.0 Å². The predicted molar refractivity (Wildman–Crippen MR) is 92.1 cm³/mol. The van der Waals surface area contributed by atoms with Gasteiger partial charge in [-0.1, -0.05) is 6.92 Å². The van der Waals surface area contributed by atoms with Crippen molar-refractivity contribution in [1.29, 1.82) is 0 Å². The van der Waals surface area contributed by atoms with Gasteiger partial charge < -0.3 is 10.6 Å². The van der Waals surface area contributed by atoms with Crippen molar-refractivity contribution in [2.75, 3.05) is 25.4 Å². The van der Waals surface area contributed by atoms with Crippen molar-refractivity contribution in [2.24, 2.45) is 11.8 Å². The topological polar surface area (TPSA) is 41.1 Å². The first-order valence-corrected chi connectivity index (χ1v) is 8.50. The Balaban J connectivity index is 0.00000242. The molecule has 1 heterocycles. The first kappa shape index (κ1) is 19.3. The third kappa shape index (κ3) is 6.55. The fourth-order valence-corrected chi connectivity index (χ4v) is 3.28. The summed E-state index contributed by atoms with van der Waals surface area (Å²) in [6.07, 6.45) is 2.27. The third-order valence-corrected chi connectivity index (χ3v) is 5.05. The van der Waals surface area contributed by atoms with Crippen LogP contribution in [0.2, 0.25) is 0 Å². The highest BCUT2D eigenvalue weighted by atomic mass is 35.5. The average molecular weight is 347 g/mol. The van der Waals surface area contributed by atoms with E-state index in [0.717, 1.165) is 31.0 Å². The number of rotatable bonds is 7. The minimum absolute atomic E-state index is 0. The van der Waals surface area contributed by atoms with Crippen LogP contribution in [-0.2, 0) is 4.79 Å². The molecule has 0 aromatic heterocycles. The fraction of sp³-hybridized carbons (Fsp3) is 0.562. The average Bonchev–Trinajstić information content (AvgIpc) is 2.99. The van der Waals surface area contributed by atoms with E-state index >= 15 is 0 Å². The van der Waals surface area contributed by atoms with Crippen molar-refractivity contribution in [2.45, 2.75) is 24.7 Å². The SMILES string of the molecule is CC(CSc1ccc(F)cc1)C(=O)NCCC1CCNC1.Cl. The molecule has 124 valence electrons. The van der Waals surface area contributed by atoms with Crippen LogP contribution in [0.5, 0.6) is 0 Å². The van der Waals surface area contributed by atoms with Crippen molar-refractivity contribution in [3.8, 4) is 0 Å². The molecule has 1 aromatic rings. The van der Waals surface area contributed by atoms with Crippen molar-refractivity contribution >= 4 is 30.1 Å². The molecule has 0 aliphatic carbocycles. The number of carbonyl (C=O) groups is 1. The van der Waals surface area contributed by atoms with Crippen molar-refractivity contribution in [3.63, 3.8) is 0 Å². The molecule has 0 saturated carbocycles. The van der Waals surface area contributed by atoms with Crippen molar-refractivity contribution in [1.82, 2.24) is 10.6 Å². The maximum atomic E-state index is 12.8. The van der Waals surface area contributed by atoms with Gasteiger partial charge in [-0.15, -0.1) is 24.2 Å². The molecule has 0 spiro atoms. The third-order valence-electron chi connectivity index (χ3n) is 3.78. The Kier molecular flexibility index (Phi) is 8.83. The van der Waals surface area contributed by atoms with Crippen molar-refractivity contribution in [3.05, 3.63) is 30.1 Å². The zero-order chi connectivity index (χ0) is 15.1. The molecule has 0 radical (unpaired) electrons. The maximum Gasteiger partial charge on any atom is 0.223 e. The Morgan fingerprint density at radius 1 is 1.45 bits per heavy atom. The fourth-order valence-electron chi connectivity index (χ4n) is 2.36. The lowest BCUT2D eigenvalue weighted by Gasteiger charge is -2.13. The molecule has 0 bridgehead atoms. The highest BCUT2D eigenvalue weighted by Gasteiger charge is 2.16. The van der Waals surface area contributed by atoms with Crippen LogP contribution in [0.15, 0.2) is 29.2 Å². The molecule has 1 aromatic carbocycles. The van der Waals surface area contributed by atoms with Gasteiger partial charge >= 0.3 is 0 Å². The number of nitrogens with one attached hydrogen (secondary N) is 2. The Labute approximate surface area is 142 Å². The van der Waals surface area contributed by atoms with Gasteiger partial charge in [0.2, 0.25) is 5.91 Å². The highest BCUT2D eigenvalue weighted by molar-refractivity contribution is 7.99. The van der Waals surface area contributed by atoms with Gasteiger partial charge in [0.1, 0.15) is 5.82 Å². The Hall–Kier alpha value is -0.780. The van der Waals surface area contributed by atoms with Gasteiger partial charge in [0.25, 0.3) is 0 Å². The minimum Gasteiger partial charge on any atom is -0.356 e. The molecular weight excluding hydrogens is 323 g/mol. The van der Waals surface area contributed by atoms with Crippen LogP contribution in [0.4, 0.5) is 4.39 Å². The molecule has 1 amide bonds. The molecular formula is C16H24ClFN2OS. The number of halogens is 2. The zero-order valence-electron chi connectivity index (χ0n) is 12.8. The van der Waals surface area contributed by atoms with Gasteiger partial charge in [0.15, 0.2) is 0 Å². The molecule has 1 aliphatic heterocycles. The monoisotopic (exact) mass is 346 g/mol. The van der Waals surface area contributed by atoms with Gasteiger partial charge in [-0.3, -0.25) is 4.79 Å². The van der Waals surface area contributed by atoms with E-state index < -0.39 is 0 Å². The summed E-state index contributed by atoms with van der Waals surface area (Å²) < 4.78 is 12.8. The largest absolute Gasteiger partial charge is 0.356 e. The van der Waals surface area contributed by atoms with Crippen LogP contribution >= 0.6 is 24.2 Å². The van der Waals surface area contributed by atoms with Gasteiger partial charge in [-0.2, -0.15) is 0 Å². The molecule has 22 heavy (non-hydrogen) atoms.